The van der Waals surface area contributed by atoms with Gasteiger partial charge in [-0.2, -0.15) is 0 Å². The van der Waals surface area contributed by atoms with E-state index in [1.54, 1.807) is 25.1 Å². The van der Waals surface area contributed by atoms with E-state index in [1.165, 1.54) is 33.5 Å². The van der Waals surface area contributed by atoms with Gasteiger partial charge in [0.25, 0.3) is 11.6 Å². The molecule has 11 nitrogen and oxygen atoms in total. The first-order valence-corrected chi connectivity index (χ1v) is 10.7. The number of amides is 1. The lowest BCUT2D eigenvalue weighted by Crippen LogP contribution is -2.26. The van der Waals surface area contributed by atoms with E-state index in [4.69, 9.17) is 23.5 Å². The van der Waals surface area contributed by atoms with Gasteiger partial charge in [0.05, 0.1) is 43.6 Å². The fourth-order valence-electron chi connectivity index (χ4n) is 3.48. The summed E-state index contributed by atoms with van der Waals surface area (Å²) in [5.41, 5.74) is 2.24. The Balaban J connectivity index is 1.67. The molecule has 3 aromatic rings. The fraction of sp³-hybridized carbons (Fsp3) is 0.333. The summed E-state index contributed by atoms with van der Waals surface area (Å²) in [4.78, 5) is 23.7. The predicted molar refractivity (Wildman–Crippen MR) is 126 cm³/mol. The van der Waals surface area contributed by atoms with E-state index in [9.17, 15) is 14.9 Å². The number of aromatic nitrogens is 1. The van der Waals surface area contributed by atoms with Gasteiger partial charge in [0.1, 0.15) is 12.4 Å². The Kier molecular flexibility index (Phi) is 8.13. The van der Waals surface area contributed by atoms with Gasteiger partial charge >= 0.3 is 0 Å². The molecule has 0 saturated carbocycles. The summed E-state index contributed by atoms with van der Waals surface area (Å²) in [5, 5.41) is 18.1. The van der Waals surface area contributed by atoms with Crippen molar-refractivity contribution in [3.05, 3.63) is 68.6 Å². The zero-order valence-corrected chi connectivity index (χ0v) is 20.2. The van der Waals surface area contributed by atoms with E-state index in [0.29, 0.717) is 34.1 Å². The normalized spacial score (nSPS) is 10.5. The van der Waals surface area contributed by atoms with Crippen molar-refractivity contribution < 1.29 is 33.2 Å². The molecule has 3 rings (SSSR count). The highest BCUT2D eigenvalue weighted by Crippen LogP contribution is 2.34. The molecule has 2 aromatic carbocycles. The van der Waals surface area contributed by atoms with E-state index in [-0.39, 0.29) is 36.9 Å². The third kappa shape index (κ3) is 5.81. The first-order valence-electron chi connectivity index (χ1n) is 10.7. The lowest BCUT2D eigenvalue weighted by atomic mass is 10.1. The molecule has 1 aromatic heterocycles. The number of methoxy groups -OCH3 is 3. The number of aryl methyl sites for hydroxylation is 2. The second-order valence-electron chi connectivity index (χ2n) is 7.56. The van der Waals surface area contributed by atoms with Gasteiger partial charge in [-0.1, -0.05) is 5.16 Å². The van der Waals surface area contributed by atoms with Crippen LogP contribution in [0.1, 0.15) is 32.9 Å². The maximum absolute atomic E-state index is 12.7. The van der Waals surface area contributed by atoms with Gasteiger partial charge in [-0.15, -0.1) is 0 Å². The molecule has 0 radical (unpaired) electrons. The highest BCUT2D eigenvalue weighted by molar-refractivity contribution is 5.94. The highest BCUT2D eigenvalue weighted by atomic mass is 16.6. The molecule has 186 valence electrons. The summed E-state index contributed by atoms with van der Waals surface area (Å²) in [6.45, 7) is 4.05. The SMILES string of the molecule is COc1cc(CCNC(=O)c2ccc(OCc3c(C)noc3C)c(OC)c2)c([N+](=O)[O-])cc1OC. The molecule has 0 bridgehead atoms. The maximum atomic E-state index is 12.7. The van der Waals surface area contributed by atoms with Crippen molar-refractivity contribution in [2.75, 3.05) is 27.9 Å². The van der Waals surface area contributed by atoms with Gasteiger partial charge in [0.15, 0.2) is 23.0 Å². The Bertz CT molecular complexity index is 1200. The summed E-state index contributed by atoms with van der Waals surface area (Å²) in [5.74, 6) is 1.80. The Hall–Kier alpha value is -4.28. The minimum absolute atomic E-state index is 0.113. The number of ether oxygens (including phenoxy) is 4. The maximum Gasteiger partial charge on any atom is 0.276 e. The van der Waals surface area contributed by atoms with Crippen LogP contribution in [0.2, 0.25) is 0 Å². The van der Waals surface area contributed by atoms with Crippen LogP contribution < -0.4 is 24.3 Å². The number of carbonyl (C=O) groups excluding carboxylic acids is 1. The molecule has 1 N–H and O–H groups in total. The summed E-state index contributed by atoms with van der Waals surface area (Å²) in [6, 6.07) is 7.67. The molecule has 35 heavy (non-hydrogen) atoms. The molecule has 0 aliphatic carbocycles. The standard InChI is InChI=1S/C24H27N3O8/c1-14-18(15(2)35-26-14)13-34-20-7-6-17(11-21(20)31-3)24(28)25-9-8-16-10-22(32-4)23(33-5)12-19(16)27(29)30/h6-7,10-12H,8-9,13H2,1-5H3,(H,25,28). The van der Waals surface area contributed by atoms with Crippen molar-refractivity contribution in [1.29, 1.82) is 0 Å². The van der Waals surface area contributed by atoms with Gasteiger partial charge in [-0.25, -0.2) is 0 Å². The van der Waals surface area contributed by atoms with Gasteiger partial charge in [0.2, 0.25) is 0 Å². The topological polar surface area (TPSA) is 135 Å². The molecule has 0 fully saturated rings. The number of hydrogen-bond acceptors (Lipinski definition) is 9. The number of hydrogen-bond donors (Lipinski definition) is 1. The molecule has 1 heterocycles. The molecule has 0 saturated heterocycles. The number of rotatable bonds is 11. The molecule has 0 aliphatic heterocycles. The fourth-order valence-corrected chi connectivity index (χ4v) is 3.48. The van der Waals surface area contributed by atoms with Gasteiger partial charge in [-0.05, 0) is 44.5 Å². The Morgan fingerprint density at radius 1 is 1.03 bits per heavy atom. The third-order valence-corrected chi connectivity index (χ3v) is 5.44. The van der Waals surface area contributed by atoms with Gasteiger partial charge in [-0.3, -0.25) is 14.9 Å². The van der Waals surface area contributed by atoms with Crippen LogP contribution in [0, 0.1) is 24.0 Å². The average Bonchev–Trinajstić information content (AvgIpc) is 3.18. The first kappa shape index (κ1) is 25.3. The minimum Gasteiger partial charge on any atom is -0.493 e. The van der Waals surface area contributed by atoms with Crippen molar-refractivity contribution in [2.45, 2.75) is 26.9 Å². The van der Waals surface area contributed by atoms with Crippen LogP contribution in [0.4, 0.5) is 5.69 Å². The molecular formula is C24H27N3O8. The van der Waals surface area contributed by atoms with Crippen LogP contribution in [0.5, 0.6) is 23.0 Å². The zero-order chi connectivity index (χ0) is 25.5. The highest BCUT2D eigenvalue weighted by Gasteiger charge is 2.20. The summed E-state index contributed by atoms with van der Waals surface area (Å²) < 4.78 is 26.7. The van der Waals surface area contributed by atoms with Crippen molar-refractivity contribution in [2.24, 2.45) is 0 Å². The number of nitro benzene ring substituents is 1. The number of nitrogens with zero attached hydrogens (tertiary/aromatic N) is 2. The number of benzene rings is 2. The monoisotopic (exact) mass is 485 g/mol. The van der Waals surface area contributed by atoms with Crippen LogP contribution in [0.15, 0.2) is 34.9 Å². The quantitative estimate of drug-likeness (QED) is 0.318. The van der Waals surface area contributed by atoms with Crippen LogP contribution in [-0.4, -0.2) is 43.9 Å². The van der Waals surface area contributed by atoms with E-state index >= 15 is 0 Å². The van der Waals surface area contributed by atoms with Crippen molar-refractivity contribution >= 4 is 11.6 Å². The zero-order valence-electron chi connectivity index (χ0n) is 20.2. The van der Waals surface area contributed by atoms with Crippen LogP contribution in [-0.2, 0) is 13.0 Å². The second kappa shape index (κ2) is 11.2. The number of nitrogens with one attached hydrogen (secondary N) is 1. The Labute approximate surface area is 202 Å². The lowest BCUT2D eigenvalue weighted by molar-refractivity contribution is -0.385. The number of nitro groups is 1. The largest absolute Gasteiger partial charge is 0.493 e. The van der Waals surface area contributed by atoms with E-state index in [1.807, 2.05) is 6.92 Å². The van der Waals surface area contributed by atoms with Crippen LogP contribution in [0.3, 0.4) is 0 Å². The van der Waals surface area contributed by atoms with Crippen LogP contribution in [0.25, 0.3) is 0 Å². The van der Waals surface area contributed by atoms with E-state index in [0.717, 1.165) is 11.3 Å². The molecule has 0 atom stereocenters. The summed E-state index contributed by atoms with van der Waals surface area (Å²) in [7, 11) is 4.34. The van der Waals surface area contributed by atoms with Gasteiger partial charge in [0, 0.05) is 17.7 Å². The Morgan fingerprint density at radius 3 is 2.29 bits per heavy atom. The molecule has 11 heteroatoms. The molecule has 1 amide bonds. The smallest absolute Gasteiger partial charge is 0.276 e. The lowest BCUT2D eigenvalue weighted by Gasteiger charge is -2.13. The van der Waals surface area contributed by atoms with E-state index in [2.05, 4.69) is 10.5 Å². The average molecular weight is 485 g/mol. The predicted octanol–water partition coefficient (Wildman–Crippen LogP) is 3.78. The molecular weight excluding hydrogens is 458 g/mol. The molecule has 0 aliphatic rings. The van der Waals surface area contributed by atoms with Crippen LogP contribution >= 0.6 is 0 Å². The van der Waals surface area contributed by atoms with Crippen molar-refractivity contribution in [1.82, 2.24) is 10.5 Å². The third-order valence-electron chi connectivity index (χ3n) is 5.44. The molecule has 0 unspecified atom stereocenters. The first-order chi connectivity index (χ1) is 16.8. The number of carbonyl (C=O) groups is 1. The van der Waals surface area contributed by atoms with Crippen molar-refractivity contribution in [3.8, 4) is 23.0 Å². The second-order valence-corrected chi connectivity index (χ2v) is 7.56. The molecule has 0 spiro atoms. The van der Waals surface area contributed by atoms with Crippen molar-refractivity contribution in [3.63, 3.8) is 0 Å². The van der Waals surface area contributed by atoms with E-state index < -0.39 is 4.92 Å². The summed E-state index contributed by atoms with van der Waals surface area (Å²) >= 11 is 0. The Morgan fingerprint density at radius 2 is 1.69 bits per heavy atom. The van der Waals surface area contributed by atoms with Gasteiger partial charge < -0.3 is 28.8 Å². The minimum atomic E-state index is -0.495. The summed E-state index contributed by atoms with van der Waals surface area (Å²) in [6.07, 6.45) is 0.220.